The molecule has 2 aromatic heterocycles. The number of benzene rings is 1. The van der Waals surface area contributed by atoms with Crippen LogP contribution in [0.2, 0.25) is 0 Å². The summed E-state index contributed by atoms with van der Waals surface area (Å²) in [5.41, 5.74) is 1.33. The lowest BCUT2D eigenvalue weighted by Crippen LogP contribution is -2.29. The van der Waals surface area contributed by atoms with Crippen LogP contribution in [0.3, 0.4) is 0 Å². The first-order chi connectivity index (χ1) is 14.5. The molecule has 0 fully saturated rings. The van der Waals surface area contributed by atoms with Crippen LogP contribution < -0.4 is 10.6 Å². The number of amides is 2. The zero-order chi connectivity index (χ0) is 21.3. The minimum absolute atomic E-state index is 0.0674. The van der Waals surface area contributed by atoms with Crippen molar-refractivity contribution in [3.8, 4) is 0 Å². The highest BCUT2D eigenvalue weighted by molar-refractivity contribution is 7.13. The molecule has 158 valence electrons. The van der Waals surface area contributed by atoms with Crippen molar-refractivity contribution in [2.75, 3.05) is 0 Å². The molecule has 0 radical (unpaired) electrons. The average Bonchev–Trinajstić information content (AvgIpc) is 3.39. The minimum Gasteiger partial charge on any atom is -0.348 e. The largest absolute Gasteiger partial charge is 0.348 e. The Morgan fingerprint density at radius 1 is 1.07 bits per heavy atom. The number of nitrogens with zero attached hydrogens (tertiary/aromatic N) is 5. The number of nitrogens with one attached hydrogen (secondary N) is 2. The Morgan fingerprint density at radius 2 is 1.87 bits per heavy atom. The van der Waals surface area contributed by atoms with Gasteiger partial charge >= 0.3 is 0 Å². The average molecular weight is 428 g/mol. The van der Waals surface area contributed by atoms with Gasteiger partial charge in [-0.25, -0.2) is 0 Å². The van der Waals surface area contributed by atoms with Gasteiger partial charge in [0.2, 0.25) is 5.01 Å². The van der Waals surface area contributed by atoms with E-state index < -0.39 is 0 Å². The van der Waals surface area contributed by atoms with Gasteiger partial charge in [-0.3, -0.25) is 14.3 Å². The molecule has 10 heteroatoms. The quantitative estimate of drug-likeness (QED) is 0.480. The van der Waals surface area contributed by atoms with E-state index >= 15 is 0 Å². The van der Waals surface area contributed by atoms with Crippen LogP contribution in [0.25, 0.3) is 0 Å². The summed E-state index contributed by atoms with van der Waals surface area (Å²) in [7, 11) is 0. The summed E-state index contributed by atoms with van der Waals surface area (Å²) < 4.78 is 1.67. The molecule has 30 heavy (non-hydrogen) atoms. The van der Waals surface area contributed by atoms with Crippen molar-refractivity contribution in [2.24, 2.45) is 0 Å². The predicted molar refractivity (Wildman–Crippen MR) is 113 cm³/mol. The topological polar surface area (TPSA) is 115 Å². The van der Waals surface area contributed by atoms with Gasteiger partial charge in [-0.05, 0) is 32.3 Å². The number of aromatic nitrogens is 5. The molecule has 0 atom stereocenters. The normalized spacial score (nSPS) is 10.9. The molecule has 0 unspecified atom stereocenters. The van der Waals surface area contributed by atoms with Crippen LogP contribution in [0, 0.1) is 0 Å². The van der Waals surface area contributed by atoms with Crippen molar-refractivity contribution < 1.29 is 9.59 Å². The summed E-state index contributed by atoms with van der Waals surface area (Å²) in [6.07, 6.45) is 4.11. The van der Waals surface area contributed by atoms with E-state index in [2.05, 4.69) is 31.1 Å². The number of carbonyl (C=O) groups excluding carboxylic acids is 2. The molecular formula is C20H25N7O2S. The maximum absolute atomic E-state index is 12.2. The van der Waals surface area contributed by atoms with Gasteiger partial charge < -0.3 is 10.6 Å². The maximum Gasteiger partial charge on any atom is 0.282 e. The lowest BCUT2D eigenvalue weighted by molar-refractivity contribution is 0.0935. The van der Waals surface area contributed by atoms with Crippen molar-refractivity contribution in [3.05, 3.63) is 57.8 Å². The number of carbonyl (C=O) groups is 2. The second-order valence-electron chi connectivity index (χ2n) is 7.12. The van der Waals surface area contributed by atoms with Crippen LogP contribution in [0.1, 0.15) is 57.6 Å². The van der Waals surface area contributed by atoms with Crippen molar-refractivity contribution in [1.29, 1.82) is 0 Å². The zero-order valence-electron chi connectivity index (χ0n) is 17.0. The first-order valence-corrected chi connectivity index (χ1v) is 10.7. The van der Waals surface area contributed by atoms with Gasteiger partial charge in [0.15, 0.2) is 5.69 Å². The fourth-order valence-corrected chi connectivity index (χ4v) is 3.49. The third-order valence-corrected chi connectivity index (χ3v) is 5.16. The van der Waals surface area contributed by atoms with Crippen LogP contribution in [-0.2, 0) is 19.5 Å². The van der Waals surface area contributed by atoms with E-state index in [1.807, 2.05) is 44.2 Å². The Balaban J connectivity index is 1.39. The highest BCUT2D eigenvalue weighted by Gasteiger charge is 2.14. The zero-order valence-corrected chi connectivity index (χ0v) is 17.9. The number of unbranched alkanes of at least 4 members (excludes halogenated alkanes) is 1. The van der Waals surface area contributed by atoms with Gasteiger partial charge in [0.25, 0.3) is 11.8 Å². The predicted octanol–water partition coefficient (Wildman–Crippen LogP) is 2.22. The van der Waals surface area contributed by atoms with E-state index in [1.165, 1.54) is 11.3 Å². The van der Waals surface area contributed by atoms with Gasteiger partial charge in [0.05, 0.1) is 6.20 Å². The van der Waals surface area contributed by atoms with E-state index in [-0.39, 0.29) is 17.9 Å². The molecule has 0 saturated carbocycles. The highest BCUT2D eigenvalue weighted by atomic mass is 32.1. The number of rotatable bonds is 10. The van der Waals surface area contributed by atoms with Crippen molar-refractivity contribution in [2.45, 2.75) is 52.2 Å². The number of hydrogen-bond donors (Lipinski definition) is 2. The van der Waals surface area contributed by atoms with Crippen LogP contribution in [-0.4, -0.2) is 43.0 Å². The summed E-state index contributed by atoms with van der Waals surface area (Å²) in [5.74, 6) is -0.430. The van der Waals surface area contributed by atoms with Gasteiger partial charge in [-0.1, -0.05) is 46.9 Å². The van der Waals surface area contributed by atoms with E-state index in [0.717, 1.165) is 29.8 Å². The van der Waals surface area contributed by atoms with Gasteiger partial charge in [-0.15, -0.1) is 15.3 Å². The maximum atomic E-state index is 12.2. The van der Waals surface area contributed by atoms with Crippen molar-refractivity contribution >= 4 is 23.2 Å². The van der Waals surface area contributed by atoms with Crippen molar-refractivity contribution in [1.82, 2.24) is 35.8 Å². The molecule has 2 amide bonds. The molecule has 3 aromatic rings. The van der Waals surface area contributed by atoms with Gasteiger partial charge in [-0.2, -0.15) is 0 Å². The van der Waals surface area contributed by atoms with Gasteiger partial charge in [0.1, 0.15) is 5.01 Å². The molecule has 1 aromatic carbocycles. The van der Waals surface area contributed by atoms with Gasteiger partial charge in [0, 0.05) is 25.6 Å². The molecule has 0 spiro atoms. The van der Waals surface area contributed by atoms with E-state index in [0.29, 0.717) is 23.8 Å². The number of hydrogen-bond acceptors (Lipinski definition) is 7. The molecular weight excluding hydrogens is 402 g/mol. The van der Waals surface area contributed by atoms with E-state index in [4.69, 9.17) is 0 Å². The molecule has 0 aliphatic heterocycles. The lowest BCUT2D eigenvalue weighted by atomic mass is 10.2. The molecule has 9 nitrogen and oxygen atoms in total. The third kappa shape index (κ3) is 6.45. The summed E-state index contributed by atoms with van der Waals surface area (Å²) >= 11 is 1.32. The summed E-state index contributed by atoms with van der Waals surface area (Å²) in [5, 5.41) is 22.9. The monoisotopic (exact) mass is 427 g/mol. The van der Waals surface area contributed by atoms with Crippen LogP contribution in [0.4, 0.5) is 0 Å². The highest BCUT2D eigenvalue weighted by Crippen LogP contribution is 2.13. The molecule has 0 bridgehead atoms. The Hall–Kier alpha value is -3.14. The Kier molecular flexibility index (Phi) is 7.61. The van der Waals surface area contributed by atoms with E-state index in [9.17, 15) is 9.59 Å². The summed E-state index contributed by atoms with van der Waals surface area (Å²) in [6, 6.07) is 9.77. The molecule has 0 saturated heterocycles. The Labute approximate surface area is 178 Å². The standard InChI is InChI=1S/C20H25N7O2S/c1-14(2)22-19(29)20-25-24-17(30-20)10-6-7-11-27-13-16(23-26-27)18(28)21-12-15-8-4-3-5-9-15/h3-5,8-9,13-14H,6-7,10-12H2,1-2H3,(H,21,28)(H,22,29). The Bertz CT molecular complexity index is 968. The Morgan fingerprint density at radius 3 is 2.63 bits per heavy atom. The summed E-state index contributed by atoms with van der Waals surface area (Å²) in [6.45, 7) is 4.91. The molecule has 3 rings (SSSR count). The molecule has 0 aliphatic carbocycles. The third-order valence-electron chi connectivity index (χ3n) is 4.18. The molecule has 2 heterocycles. The van der Waals surface area contributed by atoms with Crippen molar-refractivity contribution in [3.63, 3.8) is 0 Å². The SMILES string of the molecule is CC(C)NC(=O)c1nnc(CCCCn2cc(C(=O)NCc3ccccc3)nn2)s1. The second-order valence-corrected chi connectivity index (χ2v) is 8.18. The lowest BCUT2D eigenvalue weighted by Gasteiger charge is -2.04. The molecule has 2 N–H and O–H groups in total. The first kappa shape index (κ1) is 21.6. The fourth-order valence-electron chi connectivity index (χ4n) is 2.70. The number of aryl methyl sites for hydroxylation is 2. The van der Waals surface area contributed by atoms with E-state index in [1.54, 1.807) is 10.9 Å². The van der Waals surface area contributed by atoms with Crippen LogP contribution in [0.15, 0.2) is 36.5 Å². The fraction of sp³-hybridized carbons (Fsp3) is 0.400. The second kappa shape index (κ2) is 10.6. The van der Waals surface area contributed by atoms with Crippen LogP contribution >= 0.6 is 11.3 Å². The van der Waals surface area contributed by atoms with Crippen LogP contribution in [0.5, 0.6) is 0 Å². The minimum atomic E-state index is -0.244. The summed E-state index contributed by atoms with van der Waals surface area (Å²) in [4.78, 5) is 24.1. The molecule has 0 aliphatic rings. The smallest absolute Gasteiger partial charge is 0.282 e. The first-order valence-electron chi connectivity index (χ1n) is 9.87.